The van der Waals surface area contributed by atoms with E-state index in [2.05, 4.69) is 5.32 Å². The maximum absolute atomic E-state index is 12.8. The number of aryl methyl sites for hydroxylation is 2. The minimum absolute atomic E-state index is 0.295. The molecular weight excluding hydrogens is 303 g/mol. The molecule has 2 aromatic carbocycles. The Bertz CT molecular complexity index is 722. The third-order valence-corrected chi connectivity index (χ3v) is 3.70. The van der Waals surface area contributed by atoms with Crippen molar-refractivity contribution in [3.8, 4) is 0 Å². The second-order valence-corrected chi connectivity index (χ2v) is 5.64. The second kappa shape index (κ2) is 6.44. The van der Waals surface area contributed by atoms with Gasteiger partial charge in [0.2, 0.25) is 0 Å². The van der Waals surface area contributed by atoms with Crippen LogP contribution in [-0.4, -0.2) is 5.91 Å². The average molecular weight is 321 g/mol. The van der Waals surface area contributed by atoms with Gasteiger partial charge in [-0.3, -0.25) is 4.79 Å². The number of benzene rings is 2. The summed E-state index contributed by atoms with van der Waals surface area (Å²) in [7, 11) is 0. The van der Waals surface area contributed by atoms with E-state index < -0.39 is 17.8 Å². The third kappa shape index (κ3) is 4.12. The van der Waals surface area contributed by atoms with Crippen LogP contribution >= 0.6 is 0 Å². The van der Waals surface area contributed by atoms with E-state index >= 15 is 0 Å². The van der Waals surface area contributed by atoms with E-state index in [1.165, 1.54) is 6.07 Å². The number of amides is 1. The number of halogens is 3. The molecule has 0 aromatic heterocycles. The molecular formula is C18H18F3NO. The van der Waals surface area contributed by atoms with Gasteiger partial charge < -0.3 is 5.32 Å². The first-order valence-electron chi connectivity index (χ1n) is 7.24. The van der Waals surface area contributed by atoms with Crippen LogP contribution in [0.3, 0.4) is 0 Å². The highest BCUT2D eigenvalue weighted by Crippen LogP contribution is 2.30. The number of alkyl halides is 3. The third-order valence-electron chi connectivity index (χ3n) is 3.70. The quantitative estimate of drug-likeness (QED) is 0.863. The van der Waals surface area contributed by atoms with Gasteiger partial charge in [-0.25, -0.2) is 0 Å². The zero-order chi connectivity index (χ0) is 17.2. The van der Waals surface area contributed by atoms with Crippen LogP contribution in [0, 0.1) is 13.8 Å². The fourth-order valence-electron chi connectivity index (χ4n) is 2.32. The molecule has 0 aliphatic rings. The Morgan fingerprint density at radius 3 is 2.43 bits per heavy atom. The lowest BCUT2D eigenvalue weighted by molar-refractivity contribution is -0.137. The molecule has 0 fully saturated rings. The number of rotatable bonds is 3. The van der Waals surface area contributed by atoms with Crippen molar-refractivity contribution in [3.05, 3.63) is 70.3 Å². The molecule has 1 N–H and O–H groups in total. The maximum Gasteiger partial charge on any atom is 0.416 e. The summed E-state index contributed by atoms with van der Waals surface area (Å²) in [5, 5.41) is 2.75. The Balaban J connectivity index is 2.20. The van der Waals surface area contributed by atoms with Crippen molar-refractivity contribution < 1.29 is 18.0 Å². The molecule has 5 heteroatoms. The van der Waals surface area contributed by atoms with Crippen molar-refractivity contribution in [2.24, 2.45) is 0 Å². The molecule has 0 heterocycles. The first-order chi connectivity index (χ1) is 10.7. The topological polar surface area (TPSA) is 29.1 Å². The summed E-state index contributed by atoms with van der Waals surface area (Å²) in [6.07, 6.45) is -4.40. The zero-order valence-electron chi connectivity index (χ0n) is 13.2. The summed E-state index contributed by atoms with van der Waals surface area (Å²) in [6, 6.07) is 9.99. The number of carbonyl (C=O) groups is 1. The monoisotopic (exact) mass is 321 g/mol. The summed E-state index contributed by atoms with van der Waals surface area (Å²) in [6.45, 7) is 5.37. The van der Waals surface area contributed by atoms with Gasteiger partial charge in [-0.05, 0) is 50.1 Å². The molecule has 0 bridgehead atoms. The molecule has 122 valence electrons. The lowest BCUT2D eigenvalue weighted by Gasteiger charge is -2.17. The van der Waals surface area contributed by atoms with Gasteiger partial charge in [0.05, 0.1) is 11.6 Å². The fraction of sp³-hybridized carbons (Fsp3) is 0.278. The first kappa shape index (κ1) is 17.1. The normalized spacial score (nSPS) is 12.8. The van der Waals surface area contributed by atoms with E-state index in [1.54, 1.807) is 19.1 Å². The van der Waals surface area contributed by atoms with Crippen molar-refractivity contribution in [2.45, 2.75) is 33.0 Å². The first-order valence-corrected chi connectivity index (χ1v) is 7.24. The van der Waals surface area contributed by atoms with Gasteiger partial charge >= 0.3 is 6.18 Å². The van der Waals surface area contributed by atoms with Gasteiger partial charge in [0.25, 0.3) is 5.91 Å². The lowest BCUT2D eigenvalue weighted by atomic mass is 10.0. The van der Waals surface area contributed by atoms with E-state index in [9.17, 15) is 18.0 Å². The van der Waals surface area contributed by atoms with Gasteiger partial charge in [-0.1, -0.05) is 29.8 Å². The summed E-state index contributed by atoms with van der Waals surface area (Å²) in [5.41, 5.74) is 2.00. The van der Waals surface area contributed by atoms with Gasteiger partial charge in [0, 0.05) is 5.56 Å². The van der Waals surface area contributed by atoms with E-state index in [0.717, 1.165) is 23.3 Å². The predicted molar refractivity (Wildman–Crippen MR) is 83.2 cm³/mol. The van der Waals surface area contributed by atoms with Crippen LogP contribution in [0.15, 0.2) is 42.5 Å². The standard InChI is InChI=1S/C18H18F3NO/c1-11-7-8-12(2)16(9-11)17(23)22-13(3)14-5-4-6-15(10-14)18(19,20)21/h4-10,13H,1-3H3,(H,22,23). The molecule has 0 aliphatic carbocycles. The molecule has 0 radical (unpaired) electrons. The van der Waals surface area contributed by atoms with Crippen molar-refractivity contribution in [1.82, 2.24) is 5.32 Å². The smallest absolute Gasteiger partial charge is 0.346 e. The summed E-state index contributed by atoms with van der Waals surface area (Å²) in [5.74, 6) is -0.295. The zero-order valence-corrected chi connectivity index (χ0v) is 13.2. The molecule has 1 unspecified atom stereocenters. The van der Waals surface area contributed by atoms with Gasteiger partial charge in [0.15, 0.2) is 0 Å². The van der Waals surface area contributed by atoms with Gasteiger partial charge in [-0.2, -0.15) is 13.2 Å². The minimum Gasteiger partial charge on any atom is -0.346 e. The van der Waals surface area contributed by atoms with Crippen LogP contribution in [0.1, 0.15) is 45.6 Å². The highest BCUT2D eigenvalue weighted by molar-refractivity contribution is 5.96. The summed E-state index contributed by atoms with van der Waals surface area (Å²) < 4.78 is 38.3. The number of nitrogens with one attached hydrogen (secondary N) is 1. The van der Waals surface area contributed by atoms with Crippen molar-refractivity contribution in [1.29, 1.82) is 0 Å². The van der Waals surface area contributed by atoms with Crippen molar-refractivity contribution in [3.63, 3.8) is 0 Å². The highest BCUT2D eigenvalue weighted by atomic mass is 19.4. The van der Waals surface area contributed by atoms with E-state index in [1.807, 2.05) is 26.0 Å². The summed E-state index contributed by atoms with van der Waals surface area (Å²) in [4.78, 5) is 12.3. The Morgan fingerprint density at radius 1 is 1.09 bits per heavy atom. The van der Waals surface area contributed by atoms with Crippen molar-refractivity contribution in [2.75, 3.05) is 0 Å². The molecule has 0 spiro atoms. The highest BCUT2D eigenvalue weighted by Gasteiger charge is 2.30. The van der Waals surface area contributed by atoms with Crippen LogP contribution in [0.25, 0.3) is 0 Å². The van der Waals surface area contributed by atoms with Gasteiger partial charge in [0.1, 0.15) is 0 Å². The number of hydrogen-bond acceptors (Lipinski definition) is 1. The fourth-order valence-corrected chi connectivity index (χ4v) is 2.32. The largest absolute Gasteiger partial charge is 0.416 e. The molecule has 1 amide bonds. The molecule has 0 aliphatic heterocycles. The van der Waals surface area contributed by atoms with E-state index in [4.69, 9.17) is 0 Å². The van der Waals surface area contributed by atoms with E-state index in [0.29, 0.717) is 11.1 Å². The Hall–Kier alpha value is -2.30. The molecule has 0 saturated heterocycles. The molecule has 23 heavy (non-hydrogen) atoms. The Labute approximate surface area is 133 Å². The minimum atomic E-state index is -4.40. The Kier molecular flexibility index (Phi) is 4.78. The van der Waals surface area contributed by atoms with Crippen molar-refractivity contribution >= 4 is 5.91 Å². The van der Waals surface area contributed by atoms with Crippen LogP contribution in [-0.2, 0) is 6.18 Å². The van der Waals surface area contributed by atoms with Crippen LogP contribution < -0.4 is 5.32 Å². The number of carbonyl (C=O) groups excluding carboxylic acids is 1. The predicted octanol–water partition coefficient (Wildman–Crippen LogP) is 4.81. The summed E-state index contributed by atoms with van der Waals surface area (Å²) >= 11 is 0. The Morgan fingerprint density at radius 2 is 1.78 bits per heavy atom. The molecule has 2 aromatic rings. The van der Waals surface area contributed by atoms with Gasteiger partial charge in [-0.15, -0.1) is 0 Å². The van der Waals surface area contributed by atoms with Crippen LogP contribution in [0.5, 0.6) is 0 Å². The average Bonchev–Trinajstić information content (AvgIpc) is 2.48. The lowest BCUT2D eigenvalue weighted by Crippen LogP contribution is -2.27. The van der Waals surface area contributed by atoms with Crippen LogP contribution in [0.2, 0.25) is 0 Å². The van der Waals surface area contributed by atoms with Crippen LogP contribution in [0.4, 0.5) is 13.2 Å². The number of hydrogen-bond donors (Lipinski definition) is 1. The maximum atomic E-state index is 12.8. The molecule has 0 saturated carbocycles. The van der Waals surface area contributed by atoms with E-state index in [-0.39, 0.29) is 5.91 Å². The molecule has 1 atom stereocenters. The molecule has 2 rings (SSSR count). The SMILES string of the molecule is Cc1ccc(C)c(C(=O)NC(C)c2cccc(C(F)(F)F)c2)c1. The second-order valence-electron chi connectivity index (χ2n) is 5.64. The molecule has 2 nitrogen and oxygen atoms in total.